The van der Waals surface area contributed by atoms with Crippen LogP contribution in [0.2, 0.25) is 0 Å². The summed E-state index contributed by atoms with van der Waals surface area (Å²) in [5.41, 5.74) is 7.05. The number of rotatable bonds is 4. The fourth-order valence-electron chi connectivity index (χ4n) is 2.92. The molecule has 118 valence electrons. The Labute approximate surface area is 128 Å². The third-order valence-corrected chi connectivity index (χ3v) is 6.16. The van der Waals surface area contributed by atoms with Gasteiger partial charge in [0.25, 0.3) is 0 Å². The smallest absolute Gasteiger partial charge is 0.243 e. The van der Waals surface area contributed by atoms with Crippen LogP contribution >= 0.6 is 0 Å². The van der Waals surface area contributed by atoms with E-state index in [0.29, 0.717) is 17.4 Å². The first-order valence-corrected chi connectivity index (χ1v) is 9.15. The van der Waals surface area contributed by atoms with Gasteiger partial charge in [0.15, 0.2) is 0 Å². The molecule has 0 radical (unpaired) electrons. The summed E-state index contributed by atoms with van der Waals surface area (Å²) in [6, 6.07) is 7.05. The molecule has 0 bridgehead atoms. The van der Waals surface area contributed by atoms with E-state index in [-0.39, 0.29) is 12.1 Å². The molecule has 1 aliphatic heterocycles. The Morgan fingerprint density at radius 1 is 1.24 bits per heavy atom. The van der Waals surface area contributed by atoms with Gasteiger partial charge >= 0.3 is 0 Å². The van der Waals surface area contributed by atoms with Gasteiger partial charge in [0.1, 0.15) is 0 Å². The molecule has 1 heterocycles. The van der Waals surface area contributed by atoms with Crippen molar-refractivity contribution >= 4 is 10.0 Å². The molecule has 2 rings (SSSR count). The van der Waals surface area contributed by atoms with E-state index in [1.807, 2.05) is 19.1 Å². The Kier molecular flexibility index (Phi) is 5.07. The first-order valence-electron chi connectivity index (χ1n) is 7.71. The van der Waals surface area contributed by atoms with Crippen molar-refractivity contribution in [3.63, 3.8) is 0 Å². The first kappa shape index (κ1) is 16.5. The van der Waals surface area contributed by atoms with E-state index in [1.54, 1.807) is 16.4 Å². The predicted octanol–water partition coefficient (Wildman–Crippen LogP) is 2.70. The maximum absolute atomic E-state index is 12.9. The van der Waals surface area contributed by atoms with Crippen LogP contribution in [0.15, 0.2) is 29.2 Å². The van der Waals surface area contributed by atoms with Gasteiger partial charge in [-0.05, 0) is 43.4 Å². The van der Waals surface area contributed by atoms with Crippen LogP contribution in [-0.4, -0.2) is 31.4 Å². The summed E-state index contributed by atoms with van der Waals surface area (Å²) < 4.78 is 27.5. The fraction of sp³-hybridized carbons (Fsp3) is 0.625. The lowest BCUT2D eigenvalue weighted by atomic mass is 10.00. The highest BCUT2D eigenvalue weighted by molar-refractivity contribution is 7.89. The molecule has 0 aliphatic carbocycles. The Bertz CT molecular complexity index is 582. The molecule has 2 unspecified atom stereocenters. The summed E-state index contributed by atoms with van der Waals surface area (Å²) in [6.45, 7) is 6.60. The molecule has 0 saturated carbocycles. The Hall–Kier alpha value is -0.910. The van der Waals surface area contributed by atoms with Crippen molar-refractivity contribution in [2.24, 2.45) is 5.73 Å². The van der Waals surface area contributed by atoms with Crippen LogP contribution in [0.25, 0.3) is 0 Å². The second kappa shape index (κ2) is 6.46. The summed E-state index contributed by atoms with van der Waals surface area (Å²) in [4.78, 5) is 0.390. The molecule has 0 amide bonds. The summed E-state index contributed by atoms with van der Waals surface area (Å²) in [6.07, 6.45) is 2.80. The van der Waals surface area contributed by atoms with Crippen molar-refractivity contribution in [1.82, 2.24) is 4.31 Å². The minimum atomic E-state index is -3.46. The standard InChI is InChI=1S/C16H26N2O2S/c1-12(2)14-7-6-8-15(11-14)21(19,20)18-10-5-4-9-16(18)13(3)17/h6-8,11-13,16H,4-5,9-10,17H2,1-3H3. The van der Waals surface area contributed by atoms with E-state index in [9.17, 15) is 8.42 Å². The van der Waals surface area contributed by atoms with Gasteiger partial charge in [-0.25, -0.2) is 8.42 Å². The largest absolute Gasteiger partial charge is 0.326 e. The fourth-order valence-corrected chi connectivity index (χ4v) is 4.75. The average molecular weight is 310 g/mol. The topological polar surface area (TPSA) is 63.4 Å². The second-order valence-electron chi connectivity index (χ2n) is 6.27. The monoisotopic (exact) mass is 310 g/mol. The molecule has 21 heavy (non-hydrogen) atoms. The lowest BCUT2D eigenvalue weighted by Gasteiger charge is -2.37. The molecule has 2 N–H and O–H groups in total. The van der Waals surface area contributed by atoms with Crippen LogP contribution < -0.4 is 5.73 Å². The maximum Gasteiger partial charge on any atom is 0.243 e. The maximum atomic E-state index is 12.9. The molecule has 4 nitrogen and oxygen atoms in total. The Morgan fingerprint density at radius 2 is 1.95 bits per heavy atom. The van der Waals surface area contributed by atoms with Crippen LogP contribution in [0.5, 0.6) is 0 Å². The van der Waals surface area contributed by atoms with Crippen molar-refractivity contribution in [2.75, 3.05) is 6.54 Å². The van der Waals surface area contributed by atoms with Gasteiger partial charge in [0.05, 0.1) is 4.90 Å². The molecule has 0 spiro atoms. The third-order valence-electron chi connectivity index (χ3n) is 4.24. The number of piperidine rings is 1. The van der Waals surface area contributed by atoms with Gasteiger partial charge < -0.3 is 5.73 Å². The number of benzene rings is 1. The Balaban J connectivity index is 2.38. The number of hydrogen-bond acceptors (Lipinski definition) is 3. The molecule has 5 heteroatoms. The average Bonchev–Trinajstić information content (AvgIpc) is 2.47. The minimum absolute atomic E-state index is 0.0912. The van der Waals surface area contributed by atoms with Crippen LogP contribution in [0.3, 0.4) is 0 Å². The molecule has 1 aromatic carbocycles. The molecule has 1 aromatic rings. The zero-order valence-corrected chi connectivity index (χ0v) is 13.9. The number of hydrogen-bond donors (Lipinski definition) is 1. The van der Waals surface area contributed by atoms with Crippen LogP contribution in [0, 0.1) is 0 Å². The van der Waals surface area contributed by atoms with Gasteiger partial charge in [0.2, 0.25) is 10.0 Å². The van der Waals surface area contributed by atoms with E-state index < -0.39 is 10.0 Å². The van der Waals surface area contributed by atoms with Crippen LogP contribution in [0.1, 0.15) is 51.5 Å². The molecule has 0 aromatic heterocycles. The molecule has 1 fully saturated rings. The molecular weight excluding hydrogens is 284 g/mol. The summed E-state index contributed by atoms with van der Waals surface area (Å²) in [5, 5.41) is 0. The van der Waals surface area contributed by atoms with Crippen LogP contribution in [-0.2, 0) is 10.0 Å². The van der Waals surface area contributed by atoms with Crippen molar-refractivity contribution in [2.45, 2.75) is 62.9 Å². The summed E-state index contributed by atoms with van der Waals surface area (Å²) >= 11 is 0. The highest BCUT2D eigenvalue weighted by atomic mass is 32.2. The van der Waals surface area contributed by atoms with E-state index in [0.717, 1.165) is 24.8 Å². The zero-order valence-electron chi connectivity index (χ0n) is 13.1. The Morgan fingerprint density at radius 3 is 2.57 bits per heavy atom. The second-order valence-corrected chi connectivity index (χ2v) is 8.16. The lowest BCUT2D eigenvalue weighted by Crippen LogP contribution is -2.51. The van der Waals surface area contributed by atoms with Gasteiger partial charge in [-0.2, -0.15) is 4.31 Å². The molecular formula is C16H26N2O2S. The molecule has 2 atom stereocenters. The number of sulfonamides is 1. The molecule has 1 aliphatic rings. The van der Waals surface area contributed by atoms with Crippen molar-refractivity contribution in [3.8, 4) is 0 Å². The quantitative estimate of drug-likeness (QED) is 0.930. The normalized spacial score (nSPS) is 22.4. The minimum Gasteiger partial charge on any atom is -0.326 e. The van der Waals surface area contributed by atoms with Gasteiger partial charge in [-0.1, -0.05) is 32.4 Å². The lowest BCUT2D eigenvalue weighted by molar-refractivity contribution is 0.227. The first-order chi connectivity index (χ1) is 9.84. The summed E-state index contributed by atoms with van der Waals surface area (Å²) in [5.74, 6) is 0.311. The highest BCUT2D eigenvalue weighted by Gasteiger charge is 2.35. The number of nitrogens with two attached hydrogens (primary N) is 1. The van der Waals surface area contributed by atoms with E-state index in [4.69, 9.17) is 5.73 Å². The van der Waals surface area contributed by atoms with Crippen LogP contribution in [0.4, 0.5) is 0 Å². The van der Waals surface area contributed by atoms with Crippen molar-refractivity contribution in [3.05, 3.63) is 29.8 Å². The van der Waals surface area contributed by atoms with Crippen molar-refractivity contribution < 1.29 is 8.42 Å². The number of nitrogens with zero attached hydrogens (tertiary/aromatic N) is 1. The van der Waals surface area contributed by atoms with Gasteiger partial charge in [-0.15, -0.1) is 0 Å². The van der Waals surface area contributed by atoms with E-state index in [2.05, 4.69) is 13.8 Å². The predicted molar refractivity (Wildman–Crippen MR) is 85.7 cm³/mol. The van der Waals surface area contributed by atoms with Gasteiger partial charge in [-0.3, -0.25) is 0 Å². The highest BCUT2D eigenvalue weighted by Crippen LogP contribution is 2.28. The zero-order chi connectivity index (χ0) is 15.6. The van der Waals surface area contributed by atoms with E-state index in [1.165, 1.54) is 0 Å². The van der Waals surface area contributed by atoms with Crippen molar-refractivity contribution in [1.29, 1.82) is 0 Å². The van der Waals surface area contributed by atoms with E-state index >= 15 is 0 Å². The van der Waals surface area contributed by atoms with Gasteiger partial charge in [0, 0.05) is 18.6 Å². The SMILES string of the molecule is CC(C)c1cccc(S(=O)(=O)N2CCCCC2C(C)N)c1. The summed E-state index contributed by atoms with van der Waals surface area (Å²) in [7, 11) is -3.46. The third kappa shape index (κ3) is 3.47. The molecule has 1 saturated heterocycles.